The highest BCUT2D eigenvalue weighted by molar-refractivity contribution is 7.80. The van der Waals surface area contributed by atoms with Gasteiger partial charge in [-0.1, -0.05) is 12.1 Å². The van der Waals surface area contributed by atoms with Gasteiger partial charge in [0.2, 0.25) is 0 Å². The first-order chi connectivity index (χ1) is 16.5. The number of aromatic nitrogens is 1. The van der Waals surface area contributed by atoms with Crippen molar-refractivity contribution in [1.29, 1.82) is 0 Å². The fourth-order valence-electron chi connectivity index (χ4n) is 3.70. The molecular formula is C24H25N3O6S. The molecule has 2 aromatic carbocycles. The smallest absolute Gasteiger partial charge is 0.339 e. The van der Waals surface area contributed by atoms with E-state index in [2.05, 4.69) is 10.3 Å². The molecule has 4 rings (SSSR count). The van der Waals surface area contributed by atoms with Crippen LogP contribution in [0.25, 0.3) is 10.9 Å². The Bertz CT molecular complexity index is 1280. The number of nitrogens with one attached hydrogen (secondary N) is 2. The van der Waals surface area contributed by atoms with Crippen molar-refractivity contribution in [1.82, 2.24) is 9.88 Å². The first-order valence-corrected chi connectivity index (χ1v) is 11.2. The third kappa shape index (κ3) is 5.13. The lowest BCUT2D eigenvalue weighted by molar-refractivity contribution is 0.0602. The van der Waals surface area contributed by atoms with Crippen molar-refractivity contribution in [3.63, 3.8) is 0 Å². The number of aliphatic hydroxyl groups is 1. The molecule has 3 aromatic rings. The van der Waals surface area contributed by atoms with Crippen molar-refractivity contribution in [2.45, 2.75) is 13.0 Å². The molecular weight excluding hydrogens is 458 g/mol. The van der Waals surface area contributed by atoms with Gasteiger partial charge in [-0.05, 0) is 42.9 Å². The average molecular weight is 484 g/mol. The van der Waals surface area contributed by atoms with Crippen LogP contribution in [0.2, 0.25) is 0 Å². The average Bonchev–Trinajstić information content (AvgIpc) is 2.85. The molecule has 1 aromatic heterocycles. The zero-order valence-corrected chi connectivity index (χ0v) is 19.4. The summed E-state index contributed by atoms with van der Waals surface area (Å²) >= 11 is 5.60. The van der Waals surface area contributed by atoms with Crippen LogP contribution < -0.4 is 20.3 Å². The number of ether oxygens (including phenoxy) is 3. The molecule has 10 heteroatoms. The number of H-pyrrole nitrogens is 1. The lowest BCUT2D eigenvalue weighted by Crippen LogP contribution is -2.37. The topological polar surface area (TPSA) is 113 Å². The van der Waals surface area contributed by atoms with Gasteiger partial charge in [-0.15, -0.1) is 0 Å². The van der Waals surface area contributed by atoms with E-state index in [1.54, 1.807) is 41.3 Å². The summed E-state index contributed by atoms with van der Waals surface area (Å²) in [7, 11) is 1.31. The highest BCUT2D eigenvalue weighted by atomic mass is 32.1. The second-order valence-corrected chi connectivity index (χ2v) is 8.06. The maximum absolute atomic E-state index is 12.8. The lowest BCUT2D eigenvalue weighted by Gasteiger charge is -2.26. The summed E-state index contributed by atoms with van der Waals surface area (Å²) in [4.78, 5) is 29.6. The zero-order chi connectivity index (χ0) is 24.1. The van der Waals surface area contributed by atoms with E-state index in [0.717, 1.165) is 5.39 Å². The molecule has 1 aliphatic rings. The van der Waals surface area contributed by atoms with Crippen LogP contribution in [0.5, 0.6) is 11.5 Å². The number of anilines is 1. The minimum atomic E-state index is -0.492. The Balaban J connectivity index is 1.61. The number of aromatic amines is 1. The number of thiocarbonyl (C=S) groups is 1. The van der Waals surface area contributed by atoms with Crippen LogP contribution >= 0.6 is 12.2 Å². The van der Waals surface area contributed by atoms with Gasteiger partial charge in [0, 0.05) is 30.2 Å². The predicted molar refractivity (Wildman–Crippen MR) is 132 cm³/mol. The van der Waals surface area contributed by atoms with E-state index in [4.69, 9.17) is 26.4 Å². The Morgan fingerprint density at radius 1 is 1.21 bits per heavy atom. The number of carbonyl (C=O) groups is 1. The van der Waals surface area contributed by atoms with Crippen molar-refractivity contribution < 1.29 is 24.1 Å². The Morgan fingerprint density at radius 3 is 2.68 bits per heavy atom. The van der Waals surface area contributed by atoms with Gasteiger partial charge in [0.05, 0.1) is 30.4 Å². The van der Waals surface area contributed by atoms with Gasteiger partial charge >= 0.3 is 5.97 Å². The third-order valence-corrected chi connectivity index (χ3v) is 5.75. The van der Waals surface area contributed by atoms with Crippen molar-refractivity contribution in [2.75, 3.05) is 38.8 Å². The minimum Gasteiger partial charge on any atom is -0.486 e. The number of para-hydroxylation sites is 1. The maximum atomic E-state index is 12.8. The molecule has 0 bridgehead atoms. The highest BCUT2D eigenvalue weighted by Crippen LogP contribution is 2.33. The number of rotatable bonds is 7. The molecule has 0 radical (unpaired) electrons. The second kappa shape index (κ2) is 10.5. The summed E-state index contributed by atoms with van der Waals surface area (Å²) in [6, 6.07) is 12.2. The van der Waals surface area contributed by atoms with E-state index in [0.29, 0.717) is 65.1 Å². The molecule has 0 aliphatic carbocycles. The summed E-state index contributed by atoms with van der Waals surface area (Å²) < 4.78 is 16.1. The number of carbonyl (C=O) groups excluding carboxylic acids is 1. The number of fused-ring (bicyclic) bond motifs is 2. The molecule has 2 heterocycles. The molecule has 0 amide bonds. The van der Waals surface area contributed by atoms with E-state index in [9.17, 15) is 14.7 Å². The largest absolute Gasteiger partial charge is 0.486 e. The first kappa shape index (κ1) is 23.5. The van der Waals surface area contributed by atoms with Gasteiger partial charge < -0.3 is 34.5 Å². The second-order valence-electron chi connectivity index (χ2n) is 7.67. The van der Waals surface area contributed by atoms with Crippen LogP contribution in [-0.2, 0) is 11.3 Å². The Hall–Kier alpha value is -3.63. The van der Waals surface area contributed by atoms with Crippen LogP contribution in [0.3, 0.4) is 0 Å². The summed E-state index contributed by atoms with van der Waals surface area (Å²) in [6.45, 7) is 1.50. The fourth-order valence-corrected chi connectivity index (χ4v) is 3.97. The first-order valence-electron chi connectivity index (χ1n) is 10.8. The highest BCUT2D eigenvalue weighted by Gasteiger charge is 2.18. The van der Waals surface area contributed by atoms with Gasteiger partial charge in [-0.25, -0.2) is 4.79 Å². The van der Waals surface area contributed by atoms with Crippen LogP contribution in [0, 0.1) is 0 Å². The van der Waals surface area contributed by atoms with E-state index in [1.165, 1.54) is 7.11 Å². The minimum absolute atomic E-state index is 0.0323. The van der Waals surface area contributed by atoms with Gasteiger partial charge in [0.25, 0.3) is 5.56 Å². The van der Waals surface area contributed by atoms with Gasteiger partial charge in [0.15, 0.2) is 16.6 Å². The molecule has 9 nitrogen and oxygen atoms in total. The standard InChI is InChI=1S/C24H25N3O6S/c1-31-23(30)17-5-2-3-6-18(17)26-24(34)27(7-4-8-28)14-16-11-15-12-20-21(33-10-9-32-20)13-19(15)25-22(16)29/h2-3,5-6,11-13,28H,4,7-10,14H2,1H3,(H,25,29)(H,26,34). The summed E-state index contributed by atoms with van der Waals surface area (Å²) in [5.41, 5.74) is 1.71. The van der Waals surface area contributed by atoms with E-state index in [-0.39, 0.29) is 18.7 Å². The van der Waals surface area contributed by atoms with Crippen molar-refractivity contribution >= 4 is 39.9 Å². The lowest BCUT2D eigenvalue weighted by atomic mass is 10.1. The van der Waals surface area contributed by atoms with Gasteiger partial charge in [0.1, 0.15) is 13.2 Å². The molecule has 0 spiro atoms. The zero-order valence-electron chi connectivity index (χ0n) is 18.6. The summed E-state index contributed by atoms with van der Waals surface area (Å²) in [5.74, 6) is 0.736. The monoisotopic (exact) mass is 483 g/mol. The summed E-state index contributed by atoms with van der Waals surface area (Å²) in [6.07, 6.45) is 0.449. The molecule has 3 N–H and O–H groups in total. The molecule has 0 saturated heterocycles. The van der Waals surface area contributed by atoms with Crippen molar-refractivity contribution in [3.8, 4) is 11.5 Å². The van der Waals surface area contributed by atoms with E-state index >= 15 is 0 Å². The molecule has 178 valence electrons. The number of esters is 1. The van der Waals surface area contributed by atoms with E-state index in [1.807, 2.05) is 6.07 Å². The summed E-state index contributed by atoms with van der Waals surface area (Å²) in [5, 5.41) is 13.6. The maximum Gasteiger partial charge on any atom is 0.339 e. The van der Waals surface area contributed by atoms with Gasteiger partial charge in [-0.2, -0.15) is 0 Å². The molecule has 34 heavy (non-hydrogen) atoms. The third-order valence-electron chi connectivity index (χ3n) is 5.39. The van der Waals surface area contributed by atoms with Crippen molar-refractivity contribution in [2.24, 2.45) is 0 Å². The normalized spacial score (nSPS) is 12.3. The number of aliphatic hydroxyl groups excluding tert-OH is 1. The molecule has 0 atom stereocenters. The Kier molecular flexibility index (Phi) is 7.29. The Labute approximate surface area is 201 Å². The number of benzene rings is 2. The number of pyridine rings is 1. The number of methoxy groups -OCH3 is 1. The van der Waals surface area contributed by atoms with E-state index < -0.39 is 5.97 Å². The van der Waals surface area contributed by atoms with Gasteiger partial charge in [-0.3, -0.25) is 4.79 Å². The molecule has 1 aliphatic heterocycles. The van der Waals surface area contributed by atoms with Crippen LogP contribution in [0.1, 0.15) is 22.3 Å². The van der Waals surface area contributed by atoms with Crippen LogP contribution in [0.15, 0.2) is 47.3 Å². The SMILES string of the molecule is COC(=O)c1ccccc1NC(=S)N(CCCO)Cc1cc2cc3c(cc2[nH]c1=O)OCCO3. The predicted octanol–water partition coefficient (Wildman–Crippen LogP) is 2.67. The Morgan fingerprint density at radius 2 is 1.94 bits per heavy atom. The van der Waals surface area contributed by atoms with Crippen LogP contribution in [-0.4, -0.2) is 59.5 Å². The number of nitrogens with zero attached hydrogens (tertiary/aromatic N) is 1. The quantitative estimate of drug-likeness (QED) is 0.345. The molecule has 0 saturated carbocycles. The van der Waals surface area contributed by atoms with Crippen LogP contribution in [0.4, 0.5) is 5.69 Å². The van der Waals surface area contributed by atoms with Crippen molar-refractivity contribution in [3.05, 3.63) is 63.9 Å². The molecule has 0 fully saturated rings. The fraction of sp³-hybridized carbons (Fsp3) is 0.292. The number of hydrogen-bond donors (Lipinski definition) is 3. The molecule has 0 unspecified atom stereocenters. The number of hydrogen-bond acceptors (Lipinski definition) is 7.